The summed E-state index contributed by atoms with van der Waals surface area (Å²) in [5, 5.41) is 19.5. The monoisotopic (exact) mass is 280 g/mol. The number of aliphatic hydroxyl groups excluding tert-OH is 2. The molecule has 2 aromatic heterocycles. The molecule has 1 aliphatic heterocycles. The van der Waals surface area contributed by atoms with Crippen LogP contribution in [0.2, 0.25) is 0 Å². The molecule has 1 fully saturated rings. The van der Waals surface area contributed by atoms with Crippen molar-refractivity contribution in [1.29, 1.82) is 0 Å². The van der Waals surface area contributed by atoms with Crippen LogP contribution in [0.4, 0.5) is 0 Å². The number of rotatable bonds is 3. The fourth-order valence-electron chi connectivity index (χ4n) is 2.43. The Bertz CT molecular complexity index is 680. The van der Waals surface area contributed by atoms with Gasteiger partial charge in [0, 0.05) is 30.2 Å². The van der Waals surface area contributed by atoms with Crippen LogP contribution in [0.5, 0.6) is 0 Å². The van der Waals surface area contributed by atoms with Crippen molar-refractivity contribution in [3.63, 3.8) is 0 Å². The van der Waals surface area contributed by atoms with E-state index in [1.807, 2.05) is 6.07 Å². The van der Waals surface area contributed by atoms with Crippen molar-refractivity contribution in [2.24, 2.45) is 5.73 Å². The Morgan fingerprint density at radius 2 is 2.40 bits per heavy atom. The number of nitrogens with one attached hydrogen (secondary N) is 1. The predicted octanol–water partition coefficient (Wildman–Crippen LogP) is -1.18. The fourth-order valence-corrected chi connectivity index (χ4v) is 2.43. The SMILES string of the molecule is NCc1cc2cn([C@H]3C[C@H](O)[C@@H](CO)O3)c(=O)nc2[nH]1. The minimum Gasteiger partial charge on any atom is -0.394 e. The molecule has 3 atom stereocenters. The number of nitrogens with two attached hydrogens (primary N) is 1. The average Bonchev–Trinajstić information content (AvgIpc) is 3.00. The molecule has 0 aliphatic carbocycles. The van der Waals surface area contributed by atoms with Crippen LogP contribution >= 0.6 is 0 Å². The lowest BCUT2D eigenvalue weighted by Crippen LogP contribution is -2.27. The number of H-pyrrole nitrogens is 1. The highest BCUT2D eigenvalue weighted by molar-refractivity contribution is 5.75. The summed E-state index contributed by atoms with van der Waals surface area (Å²) in [5.74, 6) is 0. The smallest absolute Gasteiger partial charge is 0.351 e. The summed E-state index contributed by atoms with van der Waals surface area (Å²) in [4.78, 5) is 18.9. The molecule has 2 aromatic rings. The van der Waals surface area contributed by atoms with Crippen LogP contribution in [-0.4, -0.2) is 43.6 Å². The summed E-state index contributed by atoms with van der Waals surface area (Å²) >= 11 is 0. The number of ether oxygens (including phenoxy) is 1. The second kappa shape index (κ2) is 4.98. The Hall–Kier alpha value is -1.74. The van der Waals surface area contributed by atoms with Crippen LogP contribution in [-0.2, 0) is 11.3 Å². The Morgan fingerprint density at radius 1 is 1.60 bits per heavy atom. The molecule has 0 bridgehead atoms. The Labute approximate surface area is 113 Å². The molecule has 8 heteroatoms. The number of hydrogen-bond acceptors (Lipinski definition) is 6. The molecule has 8 nitrogen and oxygen atoms in total. The van der Waals surface area contributed by atoms with E-state index in [-0.39, 0.29) is 13.0 Å². The van der Waals surface area contributed by atoms with E-state index in [1.165, 1.54) is 4.57 Å². The number of fused-ring (bicyclic) bond motifs is 1. The topological polar surface area (TPSA) is 126 Å². The molecule has 108 valence electrons. The maximum atomic E-state index is 12.0. The third kappa shape index (κ3) is 2.12. The van der Waals surface area contributed by atoms with Crippen LogP contribution in [0, 0.1) is 0 Å². The number of nitrogens with zero attached hydrogens (tertiary/aromatic N) is 2. The Kier molecular flexibility index (Phi) is 3.30. The largest absolute Gasteiger partial charge is 0.394 e. The van der Waals surface area contributed by atoms with Crippen molar-refractivity contribution >= 4 is 11.0 Å². The van der Waals surface area contributed by atoms with Crippen LogP contribution in [0.25, 0.3) is 11.0 Å². The third-order valence-corrected chi connectivity index (χ3v) is 3.50. The second-order valence-corrected chi connectivity index (χ2v) is 4.85. The molecule has 0 aromatic carbocycles. The molecule has 0 radical (unpaired) electrons. The predicted molar refractivity (Wildman–Crippen MR) is 69.9 cm³/mol. The summed E-state index contributed by atoms with van der Waals surface area (Å²) in [6.45, 7) is 0.0410. The first-order valence-corrected chi connectivity index (χ1v) is 6.37. The Balaban J connectivity index is 1.99. The first-order valence-electron chi connectivity index (χ1n) is 6.37. The van der Waals surface area contributed by atoms with Crippen molar-refractivity contribution in [2.45, 2.75) is 31.4 Å². The van der Waals surface area contributed by atoms with Gasteiger partial charge in [0.2, 0.25) is 0 Å². The quantitative estimate of drug-likeness (QED) is 0.561. The van der Waals surface area contributed by atoms with Crippen LogP contribution in [0.1, 0.15) is 18.3 Å². The van der Waals surface area contributed by atoms with Gasteiger partial charge in [-0.05, 0) is 6.07 Å². The highest BCUT2D eigenvalue weighted by Gasteiger charge is 2.35. The first kappa shape index (κ1) is 13.3. The van der Waals surface area contributed by atoms with Crippen molar-refractivity contribution in [3.05, 3.63) is 28.4 Å². The van der Waals surface area contributed by atoms with E-state index in [1.54, 1.807) is 6.20 Å². The van der Waals surface area contributed by atoms with Crippen LogP contribution < -0.4 is 11.4 Å². The fraction of sp³-hybridized carbons (Fsp3) is 0.500. The van der Waals surface area contributed by atoms with E-state index < -0.39 is 24.1 Å². The molecule has 0 spiro atoms. The van der Waals surface area contributed by atoms with Gasteiger partial charge in [-0.25, -0.2) is 4.79 Å². The van der Waals surface area contributed by atoms with Gasteiger partial charge in [-0.3, -0.25) is 4.57 Å². The zero-order chi connectivity index (χ0) is 14.3. The molecule has 1 aliphatic rings. The molecule has 0 saturated carbocycles. The molecule has 0 amide bonds. The third-order valence-electron chi connectivity index (χ3n) is 3.50. The summed E-state index contributed by atoms with van der Waals surface area (Å²) in [5.41, 5.74) is 6.32. The molecule has 0 unspecified atom stereocenters. The summed E-state index contributed by atoms with van der Waals surface area (Å²) in [7, 11) is 0. The zero-order valence-electron chi connectivity index (χ0n) is 10.7. The Morgan fingerprint density at radius 3 is 3.05 bits per heavy atom. The summed E-state index contributed by atoms with van der Waals surface area (Å²) < 4.78 is 6.79. The highest BCUT2D eigenvalue weighted by atomic mass is 16.5. The van der Waals surface area contributed by atoms with E-state index in [4.69, 9.17) is 15.6 Å². The molecule has 1 saturated heterocycles. The maximum absolute atomic E-state index is 12.0. The molecule has 20 heavy (non-hydrogen) atoms. The van der Waals surface area contributed by atoms with Gasteiger partial charge in [-0.1, -0.05) is 0 Å². The van der Waals surface area contributed by atoms with E-state index in [0.29, 0.717) is 12.2 Å². The average molecular weight is 280 g/mol. The van der Waals surface area contributed by atoms with Gasteiger partial charge in [0.15, 0.2) is 0 Å². The summed E-state index contributed by atoms with van der Waals surface area (Å²) in [6.07, 6.45) is -0.223. The van der Waals surface area contributed by atoms with Crippen molar-refractivity contribution in [2.75, 3.05) is 6.61 Å². The highest BCUT2D eigenvalue weighted by Crippen LogP contribution is 2.27. The van der Waals surface area contributed by atoms with Crippen LogP contribution in [0.15, 0.2) is 17.1 Å². The molecular formula is C12H16N4O4. The van der Waals surface area contributed by atoms with E-state index >= 15 is 0 Å². The van der Waals surface area contributed by atoms with E-state index in [0.717, 1.165) is 11.1 Å². The standard InChI is InChI=1S/C12H16N4O4/c13-3-7-1-6-4-16(12(19)15-11(6)14-7)10-2-8(18)9(5-17)20-10/h1,4,8-10,17-18H,2-3,5,13H2,(H,14,15,19)/t8-,9+,10+/m0/s1. The molecule has 5 N–H and O–H groups in total. The lowest BCUT2D eigenvalue weighted by atomic mass is 10.2. The van der Waals surface area contributed by atoms with Gasteiger partial charge in [0.25, 0.3) is 0 Å². The number of aromatic nitrogens is 3. The van der Waals surface area contributed by atoms with Gasteiger partial charge < -0.3 is 25.7 Å². The van der Waals surface area contributed by atoms with Gasteiger partial charge in [-0.15, -0.1) is 0 Å². The number of aromatic amines is 1. The van der Waals surface area contributed by atoms with Crippen molar-refractivity contribution in [3.8, 4) is 0 Å². The summed E-state index contributed by atoms with van der Waals surface area (Å²) in [6, 6.07) is 1.81. The molecule has 3 heterocycles. The molecular weight excluding hydrogens is 264 g/mol. The van der Waals surface area contributed by atoms with Gasteiger partial charge >= 0.3 is 5.69 Å². The van der Waals surface area contributed by atoms with Crippen LogP contribution in [0.3, 0.4) is 0 Å². The zero-order valence-corrected chi connectivity index (χ0v) is 10.7. The van der Waals surface area contributed by atoms with Gasteiger partial charge in [-0.2, -0.15) is 4.98 Å². The van der Waals surface area contributed by atoms with Gasteiger partial charge in [0.05, 0.1) is 12.7 Å². The lowest BCUT2D eigenvalue weighted by Gasteiger charge is -2.14. The molecule has 3 rings (SSSR count). The minimum atomic E-state index is -0.793. The van der Waals surface area contributed by atoms with E-state index in [2.05, 4.69) is 9.97 Å². The normalized spacial score (nSPS) is 26.4. The maximum Gasteiger partial charge on any atom is 0.351 e. The van der Waals surface area contributed by atoms with Crippen molar-refractivity contribution < 1.29 is 14.9 Å². The van der Waals surface area contributed by atoms with Crippen molar-refractivity contribution in [1.82, 2.24) is 14.5 Å². The number of aliphatic hydroxyl groups is 2. The second-order valence-electron chi connectivity index (χ2n) is 4.85. The van der Waals surface area contributed by atoms with E-state index in [9.17, 15) is 9.90 Å². The first-order chi connectivity index (χ1) is 9.62. The number of hydrogen-bond donors (Lipinski definition) is 4. The minimum absolute atomic E-state index is 0.243. The van der Waals surface area contributed by atoms with Gasteiger partial charge in [0.1, 0.15) is 18.0 Å². The lowest BCUT2D eigenvalue weighted by molar-refractivity contribution is -0.0457.